The van der Waals surface area contributed by atoms with Crippen molar-refractivity contribution in [2.75, 3.05) is 21.3 Å². The smallest absolute Gasteiger partial charge is 0.224 e. The van der Waals surface area contributed by atoms with E-state index in [1.807, 2.05) is 48.5 Å². The van der Waals surface area contributed by atoms with E-state index in [0.717, 1.165) is 21.9 Å². The fourth-order valence-corrected chi connectivity index (χ4v) is 3.11. The van der Waals surface area contributed by atoms with Gasteiger partial charge in [0.1, 0.15) is 5.75 Å². The van der Waals surface area contributed by atoms with Crippen LogP contribution in [0.5, 0.6) is 17.2 Å². The van der Waals surface area contributed by atoms with Crippen molar-refractivity contribution >= 4 is 16.7 Å². The van der Waals surface area contributed by atoms with Gasteiger partial charge < -0.3 is 19.5 Å². The molecular weight excluding hydrogens is 342 g/mol. The summed E-state index contributed by atoms with van der Waals surface area (Å²) in [6, 6.07) is 17.6. The van der Waals surface area contributed by atoms with Gasteiger partial charge >= 0.3 is 0 Å². The maximum Gasteiger partial charge on any atom is 0.224 e. The number of rotatable bonds is 7. The first kappa shape index (κ1) is 18.6. The van der Waals surface area contributed by atoms with Crippen molar-refractivity contribution in [3.63, 3.8) is 0 Å². The standard InChI is InChI=1S/C22H23NO4/c1-25-19-13-21(27-3)20(26-2)11-17(19)14-23-22(24)12-16-9-6-8-15-7-4-5-10-18(15)16/h4-11,13H,12,14H2,1-3H3,(H,23,24). The number of nitrogens with one attached hydrogen (secondary N) is 1. The number of carbonyl (C=O) groups excluding carboxylic acids is 1. The van der Waals surface area contributed by atoms with Gasteiger partial charge in [0.05, 0.1) is 27.8 Å². The molecule has 0 heterocycles. The van der Waals surface area contributed by atoms with Gasteiger partial charge in [-0.1, -0.05) is 42.5 Å². The summed E-state index contributed by atoms with van der Waals surface area (Å²) in [5, 5.41) is 5.19. The van der Waals surface area contributed by atoms with Gasteiger partial charge in [0.15, 0.2) is 11.5 Å². The third-order valence-electron chi connectivity index (χ3n) is 4.49. The predicted octanol–water partition coefficient (Wildman–Crippen LogP) is 3.72. The van der Waals surface area contributed by atoms with Crippen LogP contribution in [0.3, 0.4) is 0 Å². The molecule has 3 rings (SSSR count). The van der Waals surface area contributed by atoms with Crippen LogP contribution in [0, 0.1) is 0 Å². The number of carbonyl (C=O) groups is 1. The third-order valence-corrected chi connectivity index (χ3v) is 4.49. The number of amides is 1. The molecule has 0 aliphatic heterocycles. The van der Waals surface area contributed by atoms with Crippen molar-refractivity contribution in [2.24, 2.45) is 0 Å². The van der Waals surface area contributed by atoms with Gasteiger partial charge in [0.2, 0.25) is 5.91 Å². The largest absolute Gasteiger partial charge is 0.496 e. The second-order valence-electron chi connectivity index (χ2n) is 6.11. The molecule has 140 valence electrons. The molecule has 5 nitrogen and oxygen atoms in total. The number of benzene rings is 3. The van der Waals surface area contributed by atoms with Crippen LogP contribution < -0.4 is 19.5 Å². The van der Waals surface area contributed by atoms with E-state index in [1.165, 1.54) is 0 Å². The molecule has 3 aromatic rings. The predicted molar refractivity (Wildman–Crippen MR) is 106 cm³/mol. The van der Waals surface area contributed by atoms with Crippen molar-refractivity contribution in [1.82, 2.24) is 5.32 Å². The Kier molecular flexibility index (Phi) is 5.81. The molecule has 0 spiro atoms. The molecule has 0 aromatic heterocycles. The molecular formula is C22H23NO4. The highest BCUT2D eigenvalue weighted by Gasteiger charge is 2.13. The molecule has 1 amide bonds. The Morgan fingerprint density at radius 1 is 0.815 bits per heavy atom. The lowest BCUT2D eigenvalue weighted by molar-refractivity contribution is -0.120. The zero-order chi connectivity index (χ0) is 19.2. The summed E-state index contributed by atoms with van der Waals surface area (Å²) in [7, 11) is 4.73. The number of hydrogen-bond donors (Lipinski definition) is 1. The van der Waals surface area contributed by atoms with Crippen LogP contribution in [0.2, 0.25) is 0 Å². The lowest BCUT2D eigenvalue weighted by atomic mass is 10.0. The quantitative estimate of drug-likeness (QED) is 0.693. The van der Waals surface area contributed by atoms with Gasteiger partial charge in [-0.3, -0.25) is 4.79 Å². The van der Waals surface area contributed by atoms with Crippen LogP contribution >= 0.6 is 0 Å². The van der Waals surface area contributed by atoms with Crippen molar-refractivity contribution in [3.05, 3.63) is 65.7 Å². The van der Waals surface area contributed by atoms with E-state index in [9.17, 15) is 4.79 Å². The Morgan fingerprint density at radius 3 is 2.22 bits per heavy atom. The first-order valence-electron chi connectivity index (χ1n) is 8.68. The Bertz CT molecular complexity index is 947. The van der Waals surface area contributed by atoms with Crippen LogP contribution in [0.15, 0.2) is 54.6 Å². The van der Waals surface area contributed by atoms with E-state index in [-0.39, 0.29) is 5.91 Å². The van der Waals surface area contributed by atoms with Crippen LogP contribution in [0.25, 0.3) is 10.8 Å². The summed E-state index contributed by atoms with van der Waals surface area (Å²) in [4.78, 5) is 12.5. The molecule has 0 saturated heterocycles. The van der Waals surface area contributed by atoms with E-state index in [4.69, 9.17) is 14.2 Å². The van der Waals surface area contributed by atoms with E-state index in [1.54, 1.807) is 27.4 Å². The number of ether oxygens (including phenoxy) is 3. The minimum atomic E-state index is -0.0526. The SMILES string of the molecule is COc1cc(OC)c(OC)cc1CNC(=O)Cc1cccc2ccccc12. The fourth-order valence-electron chi connectivity index (χ4n) is 3.11. The Morgan fingerprint density at radius 2 is 1.48 bits per heavy atom. The van der Waals surface area contributed by atoms with Crippen LogP contribution in [0.1, 0.15) is 11.1 Å². The van der Waals surface area contributed by atoms with Gasteiger partial charge in [-0.25, -0.2) is 0 Å². The van der Waals surface area contributed by atoms with Gasteiger partial charge in [0, 0.05) is 18.2 Å². The van der Waals surface area contributed by atoms with E-state index >= 15 is 0 Å². The van der Waals surface area contributed by atoms with Gasteiger partial charge in [-0.15, -0.1) is 0 Å². The van der Waals surface area contributed by atoms with Crippen LogP contribution in [-0.4, -0.2) is 27.2 Å². The monoisotopic (exact) mass is 365 g/mol. The third kappa shape index (κ3) is 4.14. The fraction of sp³-hybridized carbons (Fsp3) is 0.227. The second kappa shape index (κ2) is 8.45. The van der Waals surface area contributed by atoms with Gasteiger partial charge in [-0.05, 0) is 22.4 Å². The van der Waals surface area contributed by atoms with E-state index < -0.39 is 0 Å². The van der Waals surface area contributed by atoms with Crippen molar-refractivity contribution in [2.45, 2.75) is 13.0 Å². The maximum atomic E-state index is 12.5. The van der Waals surface area contributed by atoms with Gasteiger partial charge in [0.25, 0.3) is 0 Å². The summed E-state index contributed by atoms with van der Waals surface area (Å²) >= 11 is 0. The van der Waals surface area contributed by atoms with Crippen molar-refractivity contribution in [1.29, 1.82) is 0 Å². The molecule has 0 aliphatic carbocycles. The molecule has 0 unspecified atom stereocenters. The highest BCUT2D eigenvalue weighted by atomic mass is 16.5. The van der Waals surface area contributed by atoms with Gasteiger partial charge in [-0.2, -0.15) is 0 Å². The summed E-state index contributed by atoms with van der Waals surface area (Å²) < 4.78 is 16.0. The first-order chi connectivity index (χ1) is 13.2. The molecule has 0 radical (unpaired) electrons. The molecule has 0 fully saturated rings. The highest BCUT2D eigenvalue weighted by molar-refractivity contribution is 5.90. The average molecular weight is 365 g/mol. The van der Waals surface area contributed by atoms with Crippen LogP contribution in [0.4, 0.5) is 0 Å². The van der Waals surface area contributed by atoms with Crippen molar-refractivity contribution < 1.29 is 19.0 Å². The number of hydrogen-bond acceptors (Lipinski definition) is 4. The maximum absolute atomic E-state index is 12.5. The second-order valence-corrected chi connectivity index (χ2v) is 6.11. The molecule has 27 heavy (non-hydrogen) atoms. The number of fused-ring (bicyclic) bond motifs is 1. The number of methoxy groups -OCH3 is 3. The zero-order valence-corrected chi connectivity index (χ0v) is 15.7. The normalized spacial score (nSPS) is 10.5. The van der Waals surface area contributed by atoms with Crippen molar-refractivity contribution in [3.8, 4) is 17.2 Å². The zero-order valence-electron chi connectivity index (χ0n) is 15.7. The first-order valence-corrected chi connectivity index (χ1v) is 8.68. The lowest BCUT2D eigenvalue weighted by Crippen LogP contribution is -2.25. The average Bonchev–Trinajstić information content (AvgIpc) is 2.71. The molecule has 3 aromatic carbocycles. The summed E-state index contributed by atoms with van der Waals surface area (Å²) in [5.41, 5.74) is 1.83. The molecule has 0 bridgehead atoms. The summed E-state index contributed by atoms with van der Waals surface area (Å²) in [6.07, 6.45) is 0.316. The molecule has 0 saturated carbocycles. The Balaban J connectivity index is 1.74. The van der Waals surface area contributed by atoms with E-state index in [0.29, 0.717) is 30.2 Å². The lowest BCUT2D eigenvalue weighted by Gasteiger charge is -2.15. The summed E-state index contributed by atoms with van der Waals surface area (Å²) in [6.45, 7) is 0.340. The van der Waals surface area contributed by atoms with Crippen LogP contribution in [-0.2, 0) is 17.8 Å². The highest BCUT2D eigenvalue weighted by Crippen LogP contribution is 2.34. The Hall–Kier alpha value is -3.21. The summed E-state index contributed by atoms with van der Waals surface area (Å²) in [5.74, 6) is 1.76. The topological polar surface area (TPSA) is 56.8 Å². The minimum Gasteiger partial charge on any atom is -0.496 e. The minimum absolute atomic E-state index is 0.0526. The molecule has 0 aliphatic rings. The van der Waals surface area contributed by atoms with E-state index in [2.05, 4.69) is 5.32 Å². The Labute approximate surface area is 158 Å². The molecule has 5 heteroatoms. The molecule has 0 atom stereocenters. The molecule has 1 N–H and O–H groups in total.